The molecule has 0 heterocycles. The van der Waals surface area contributed by atoms with E-state index in [1.807, 2.05) is 26.8 Å². The maximum atomic E-state index is 11.1. The second-order valence-corrected chi connectivity index (χ2v) is 10.2. The summed E-state index contributed by atoms with van der Waals surface area (Å²) in [7, 11) is -9.60. The van der Waals surface area contributed by atoms with Crippen LogP contribution in [0.2, 0.25) is 0 Å². The third kappa shape index (κ3) is 10.5. The molecule has 0 atom stereocenters. The first-order valence-electron chi connectivity index (χ1n) is 6.41. The molecule has 0 amide bonds. The zero-order chi connectivity index (χ0) is 16.7. The van der Waals surface area contributed by atoms with Gasteiger partial charge in [-0.05, 0) is 33.6 Å². The number of hydrogen-bond donors (Lipinski definition) is 4. The van der Waals surface area contributed by atoms with Gasteiger partial charge in [-0.3, -0.25) is 9.13 Å². The van der Waals surface area contributed by atoms with Crippen LogP contribution in [-0.2, 0) is 9.13 Å². The van der Waals surface area contributed by atoms with Crippen LogP contribution < -0.4 is 0 Å². The van der Waals surface area contributed by atoms with Gasteiger partial charge in [-0.15, -0.1) is 0 Å². The smallest absolute Gasteiger partial charge is 0.324 e. The molecule has 0 aliphatic carbocycles. The molecule has 0 radical (unpaired) electrons. The summed E-state index contributed by atoms with van der Waals surface area (Å²) in [5.41, 5.74) is 2.40. The lowest BCUT2D eigenvalue weighted by Gasteiger charge is -2.18. The van der Waals surface area contributed by atoms with Crippen LogP contribution in [0, 0.1) is 0 Å². The zero-order valence-electron chi connectivity index (χ0n) is 12.5. The Morgan fingerprint density at radius 2 is 1.57 bits per heavy atom. The van der Waals surface area contributed by atoms with Gasteiger partial charge in [0.1, 0.15) is 0 Å². The predicted octanol–water partition coefficient (Wildman–Crippen LogP) is 3.09. The van der Waals surface area contributed by atoms with Crippen molar-refractivity contribution in [2.45, 2.75) is 39.0 Å². The Kier molecular flexibility index (Phi) is 9.37. The lowest BCUT2D eigenvalue weighted by Crippen LogP contribution is -2.12. The molecule has 0 fully saturated rings. The maximum Gasteiger partial charge on any atom is 0.341 e. The van der Waals surface area contributed by atoms with Crippen LogP contribution in [0.3, 0.4) is 0 Å². The molecule has 0 spiro atoms. The van der Waals surface area contributed by atoms with E-state index < -0.39 is 20.6 Å². The van der Waals surface area contributed by atoms with Gasteiger partial charge in [0, 0.05) is 11.5 Å². The van der Waals surface area contributed by atoms with Gasteiger partial charge in [0.25, 0.3) is 0 Å². The van der Waals surface area contributed by atoms with E-state index in [0.717, 1.165) is 30.2 Å². The van der Waals surface area contributed by atoms with Crippen LogP contribution in [0.5, 0.6) is 0 Å². The zero-order valence-corrected chi connectivity index (χ0v) is 15.1. The van der Waals surface area contributed by atoms with Gasteiger partial charge in [0.05, 0.1) is 0 Å². The van der Waals surface area contributed by atoms with Crippen molar-refractivity contribution >= 4 is 27.0 Å². The summed E-state index contributed by atoms with van der Waals surface area (Å²) in [6.45, 7) is 6.02. The van der Waals surface area contributed by atoms with E-state index in [-0.39, 0.29) is 5.75 Å². The van der Waals surface area contributed by atoms with Crippen molar-refractivity contribution < 1.29 is 28.7 Å². The molecule has 0 saturated carbocycles. The third-order valence-corrected chi connectivity index (χ3v) is 7.87. The van der Waals surface area contributed by atoms with Crippen LogP contribution in [0.4, 0.5) is 0 Å². The summed E-state index contributed by atoms with van der Waals surface area (Å²) < 4.78 is 22.2. The molecule has 0 bridgehead atoms. The van der Waals surface area contributed by atoms with E-state index in [1.54, 1.807) is 0 Å². The van der Waals surface area contributed by atoms with Gasteiger partial charge >= 0.3 is 15.2 Å². The van der Waals surface area contributed by atoms with Crippen molar-refractivity contribution in [2.24, 2.45) is 0 Å². The molecule has 6 nitrogen and oxygen atoms in total. The van der Waals surface area contributed by atoms with Gasteiger partial charge in [-0.2, -0.15) is 11.8 Å². The topological polar surface area (TPSA) is 115 Å². The van der Waals surface area contributed by atoms with E-state index in [0.29, 0.717) is 5.75 Å². The van der Waals surface area contributed by atoms with Gasteiger partial charge in [0.15, 0.2) is 5.40 Å². The van der Waals surface area contributed by atoms with E-state index in [2.05, 4.69) is 6.08 Å². The van der Waals surface area contributed by atoms with Crippen LogP contribution in [-0.4, -0.2) is 36.5 Å². The Morgan fingerprint density at radius 3 is 2.00 bits per heavy atom. The number of hydrogen-bond acceptors (Lipinski definition) is 3. The molecule has 0 unspecified atom stereocenters. The van der Waals surface area contributed by atoms with E-state index in [1.165, 1.54) is 5.57 Å². The summed E-state index contributed by atoms with van der Waals surface area (Å²) in [5.74, 6) is 0.198. The first-order valence-corrected chi connectivity index (χ1v) is 10.9. The fourth-order valence-electron chi connectivity index (χ4n) is 1.46. The van der Waals surface area contributed by atoms with Crippen molar-refractivity contribution in [3.05, 3.63) is 23.3 Å². The molecule has 9 heteroatoms. The molecule has 0 rings (SSSR count). The summed E-state index contributed by atoms with van der Waals surface area (Å²) >= 11 is 1.11. The van der Waals surface area contributed by atoms with Gasteiger partial charge in [-0.25, -0.2) is 0 Å². The Morgan fingerprint density at radius 1 is 1.05 bits per heavy atom. The summed E-state index contributed by atoms with van der Waals surface area (Å²) in [6.07, 6.45) is 5.87. The first-order chi connectivity index (χ1) is 9.44. The lowest BCUT2D eigenvalue weighted by atomic mass is 10.1. The van der Waals surface area contributed by atoms with Crippen molar-refractivity contribution in [2.75, 3.05) is 11.5 Å². The van der Waals surface area contributed by atoms with E-state index in [9.17, 15) is 9.13 Å². The monoisotopic (exact) mass is 358 g/mol. The molecule has 0 aliphatic heterocycles. The summed E-state index contributed by atoms with van der Waals surface area (Å²) in [4.78, 5) is 35.9. The van der Waals surface area contributed by atoms with Gasteiger partial charge in [-0.1, -0.05) is 23.3 Å². The minimum Gasteiger partial charge on any atom is -0.324 e. The Hall–Kier alpha value is 0.130. The van der Waals surface area contributed by atoms with E-state index in [4.69, 9.17) is 19.6 Å². The van der Waals surface area contributed by atoms with Crippen molar-refractivity contribution in [1.82, 2.24) is 0 Å². The lowest BCUT2D eigenvalue weighted by molar-refractivity contribution is 0.343. The largest absolute Gasteiger partial charge is 0.341 e. The predicted molar refractivity (Wildman–Crippen MR) is 87.6 cm³/mol. The Labute approximate surface area is 130 Å². The highest BCUT2D eigenvalue weighted by molar-refractivity contribution is 8.00. The van der Waals surface area contributed by atoms with E-state index >= 15 is 0 Å². The molecule has 124 valence electrons. The average molecular weight is 358 g/mol. The summed E-state index contributed by atoms with van der Waals surface area (Å²) in [6, 6.07) is 0. The highest BCUT2D eigenvalue weighted by Crippen LogP contribution is 2.60. The molecule has 0 aromatic rings. The molecule has 21 heavy (non-hydrogen) atoms. The Balaban J connectivity index is 4.32. The van der Waals surface area contributed by atoms with Crippen LogP contribution in [0.15, 0.2) is 23.3 Å². The number of thioether (sulfide) groups is 1. The van der Waals surface area contributed by atoms with Gasteiger partial charge in [0.2, 0.25) is 0 Å². The minimum atomic E-state index is -4.80. The second kappa shape index (κ2) is 9.31. The molecule has 0 saturated heterocycles. The molecule has 0 aliphatic rings. The SMILES string of the molecule is CC(C)=CCC/C(C)=C/CSCC(P(=O)(O)O)P(=O)(O)O. The standard InChI is InChI=1S/C12H24O6P2S/c1-10(2)5-4-6-11(3)7-8-21-9-12(19(13,14)15)20(16,17)18/h5,7,12H,4,6,8-9H2,1-3H3,(H2,13,14,15)(H2,16,17,18)/b11-7+. The van der Waals surface area contributed by atoms with Crippen molar-refractivity contribution in [3.63, 3.8) is 0 Å². The third-order valence-electron chi connectivity index (χ3n) is 2.68. The highest BCUT2D eigenvalue weighted by Gasteiger charge is 2.42. The first kappa shape index (κ1) is 21.1. The summed E-state index contributed by atoms with van der Waals surface area (Å²) in [5, 5.41) is -1.92. The van der Waals surface area contributed by atoms with Crippen LogP contribution in [0.25, 0.3) is 0 Å². The average Bonchev–Trinajstić information content (AvgIpc) is 2.24. The minimum absolute atomic E-state index is 0.272. The van der Waals surface area contributed by atoms with Crippen LogP contribution in [0.1, 0.15) is 33.6 Å². The quantitative estimate of drug-likeness (QED) is 0.284. The molecule has 0 aromatic heterocycles. The maximum absolute atomic E-state index is 11.1. The number of allylic oxidation sites excluding steroid dienone is 3. The second-order valence-electron chi connectivity index (χ2n) is 5.07. The van der Waals surface area contributed by atoms with Crippen molar-refractivity contribution in [1.29, 1.82) is 0 Å². The molecular formula is C12H24O6P2S. The normalized spacial score (nSPS) is 13.6. The molecule has 0 aromatic carbocycles. The highest BCUT2D eigenvalue weighted by atomic mass is 32.2. The van der Waals surface area contributed by atoms with Crippen molar-refractivity contribution in [3.8, 4) is 0 Å². The fourth-order valence-corrected chi connectivity index (χ4v) is 5.96. The molecule has 4 N–H and O–H groups in total. The molecular weight excluding hydrogens is 334 g/mol. The van der Waals surface area contributed by atoms with Crippen LogP contribution >= 0.6 is 27.0 Å². The van der Waals surface area contributed by atoms with Gasteiger partial charge < -0.3 is 19.6 Å². The number of rotatable bonds is 9. The Bertz CT molecular complexity index is 450. The fraction of sp³-hybridized carbons (Fsp3) is 0.667.